The summed E-state index contributed by atoms with van der Waals surface area (Å²) in [6.45, 7) is 4.11. The summed E-state index contributed by atoms with van der Waals surface area (Å²) < 4.78 is 1.73. The molecule has 0 aliphatic rings. The maximum atomic E-state index is 11.4. The lowest BCUT2D eigenvalue weighted by Crippen LogP contribution is -2.07. The lowest BCUT2D eigenvalue weighted by Gasteiger charge is -2.12. The largest absolute Gasteiger partial charge is 0.478 e. The fourth-order valence-electron chi connectivity index (χ4n) is 2.31. The van der Waals surface area contributed by atoms with Gasteiger partial charge in [-0.1, -0.05) is 26.0 Å². The molecule has 1 aromatic carbocycles. The molecule has 0 fully saturated rings. The molecule has 0 aliphatic carbocycles. The molecule has 0 amide bonds. The van der Waals surface area contributed by atoms with Gasteiger partial charge in [0.15, 0.2) is 0 Å². The first-order chi connectivity index (χ1) is 10.1. The van der Waals surface area contributed by atoms with E-state index in [2.05, 4.69) is 18.9 Å². The van der Waals surface area contributed by atoms with Gasteiger partial charge < -0.3 is 5.11 Å². The van der Waals surface area contributed by atoms with Gasteiger partial charge in [0.2, 0.25) is 0 Å². The molecule has 108 valence electrons. The number of carboxylic acids is 1. The van der Waals surface area contributed by atoms with Crippen LogP contribution in [0.25, 0.3) is 11.3 Å². The third-order valence-electron chi connectivity index (χ3n) is 3.57. The molecule has 2 rings (SSSR count). The average molecular weight is 283 g/mol. The number of rotatable bonds is 5. The second-order valence-corrected chi connectivity index (χ2v) is 4.84. The van der Waals surface area contributed by atoms with E-state index in [1.165, 1.54) is 0 Å². The molecule has 1 heterocycles. The molecule has 5 heteroatoms. The van der Waals surface area contributed by atoms with Crippen molar-refractivity contribution in [2.75, 3.05) is 0 Å². The van der Waals surface area contributed by atoms with Crippen LogP contribution in [0.2, 0.25) is 0 Å². The Kier molecular flexibility index (Phi) is 4.39. The van der Waals surface area contributed by atoms with Crippen molar-refractivity contribution in [3.8, 4) is 17.3 Å². The first-order valence-corrected chi connectivity index (χ1v) is 6.93. The predicted molar refractivity (Wildman–Crippen MR) is 79.0 cm³/mol. The Morgan fingerprint density at radius 1 is 1.33 bits per heavy atom. The monoisotopic (exact) mass is 283 g/mol. The van der Waals surface area contributed by atoms with E-state index in [9.17, 15) is 9.90 Å². The smallest absolute Gasteiger partial charge is 0.339 e. The van der Waals surface area contributed by atoms with Gasteiger partial charge >= 0.3 is 5.97 Å². The molecular weight excluding hydrogens is 266 g/mol. The molecule has 1 aromatic heterocycles. The fraction of sp³-hybridized carbons (Fsp3) is 0.312. The number of carboxylic acid groups (broad SMARTS) is 1. The standard InChI is InChI=1S/C16H17N3O2/c1-3-13(4-2)19-10-14(16(20)21)15(18-19)12-7-5-11(9-17)6-8-12/h5-8,10,13H,3-4H2,1-2H3,(H,20,21). The number of aromatic carboxylic acids is 1. The van der Waals surface area contributed by atoms with E-state index in [4.69, 9.17) is 5.26 Å². The molecule has 2 aromatic rings. The molecule has 0 unspecified atom stereocenters. The molecule has 0 aliphatic heterocycles. The minimum Gasteiger partial charge on any atom is -0.478 e. The molecule has 0 saturated heterocycles. The molecule has 0 saturated carbocycles. The molecular formula is C16H17N3O2. The summed E-state index contributed by atoms with van der Waals surface area (Å²) in [5, 5.41) is 22.6. The summed E-state index contributed by atoms with van der Waals surface area (Å²) in [7, 11) is 0. The van der Waals surface area contributed by atoms with Crippen LogP contribution >= 0.6 is 0 Å². The average Bonchev–Trinajstić information content (AvgIpc) is 2.94. The van der Waals surface area contributed by atoms with Crippen LogP contribution < -0.4 is 0 Å². The van der Waals surface area contributed by atoms with E-state index in [1.807, 2.05) is 6.07 Å². The molecule has 1 N–H and O–H groups in total. The van der Waals surface area contributed by atoms with E-state index in [-0.39, 0.29) is 11.6 Å². The van der Waals surface area contributed by atoms with E-state index in [0.717, 1.165) is 12.8 Å². The maximum Gasteiger partial charge on any atom is 0.339 e. The Morgan fingerprint density at radius 3 is 2.43 bits per heavy atom. The third kappa shape index (κ3) is 2.95. The molecule has 0 atom stereocenters. The SMILES string of the molecule is CCC(CC)n1cc(C(=O)O)c(-c2ccc(C#N)cc2)n1. The van der Waals surface area contributed by atoms with Crippen LogP contribution in [-0.4, -0.2) is 20.9 Å². The van der Waals surface area contributed by atoms with Gasteiger partial charge in [0, 0.05) is 11.8 Å². The number of aromatic nitrogens is 2. The Balaban J connectivity index is 2.50. The lowest BCUT2D eigenvalue weighted by molar-refractivity contribution is 0.0697. The van der Waals surface area contributed by atoms with Gasteiger partial charge in [-0.25, -0.2) is 4.79 Å². The van der Waals surface area contributed by atoms with Gasteiger partial charge in [0.05, 0.1) is 17.7 Å². The van der Waals surface area contributed by atoms with Crippen LogP contribution in [-0.2, 0) is 0 Å². The summed E-state index contributed by atoms with van der Waals surface area (Å²) in [5.41, 5.74) is 1.87. The third-order valence-corrected chi connectivity index (χ3v) is 3.57. The van der Waals surface area contributed by atoms with Gasteiger partial charge in [-0.05, 0) is 25.0 Å². The van der Waals surface area contributed by atoms with Gasteiger partial charge in [0.1, 0.15) is 11.3 Å². The van der Waals surface area contributed by atoms with Crippen LogP contribution in [0.1, 0.15) is 48.7 Å². The van der Waals surface area contributed by atoms with Gasteiger partial charge in [-0.2, -0.15) is 10.4 Å². The van der Waals surface area contributed by atoms with E-state index >= 15 is 0 Å². The van der Waals surface area contributed by atoms with Crippen molar-refractivity contribution in [2.45, 2.75) is 32.7 Å². The quantitative estimate of drug-likeness (QED) is 0.911. The Bertz CT molecular complexity index is 677. The number of benzene rings is 1. The highest BCUT2D eigenvalue weighted by Gasteiger charge is 2.19. The summed E-state index contributed by atoms with van der Waals surface area (Å²) >= 11 is 0. The van der Waals surface area contributed by atoms with Crippen molar-refractivity contribution in [1.29, 1.82) is 5.26 Å². The summed E-state index contributed by atoms with van der Waals surface area (Å²) in [4.78, 5) is 11.4. The zero-order valence-electron chi connectivity index (χ0n) is 12.1. The summed E-state index contributed by atoms with van der Waals surface area (Å²) in [6, 6.07) is 9.01. The Labute approximate surface area is 123 Å². The number of nitriles is 1. The maximum absolute atomic E-state index is 11.4. The van der Waals surface area contributed by atoms with Crippen molar-refractivity contribution >= 4 is 5.97 Å². The van der Waals surface area contributed by atoms with Crippen LogP contribution in [0.15, 0.2) is 30.5 Å². The molecule has 21 heavy (non-hydrogen) atoms. The predicted octanol–water partition coefficient (Wildman–Crippen LogP) is 3.48. The van der Waals surface area contributed by atoms with Crippen LogP contribution in [0.3, 0.4) is 0 Å². The molecule has 0 bridgehead atoms. The normalized spacial score (nSPS) is 10.6. The summed E-state index contributed by atoms with van der Waals surface area (Å²) in [6.07, 6.45) is 3.38. The van der Waals surface area contributed by atoms with Crippen molar-refractivity contribution < 1.29 is 9.90 Å². The van der Waals surface area contributed by atoms with Gasteiger partial charge in [0.25, 0.3) is 0 Å². The first kappa shape index (κ1) is 14.8. The van der Waals surface area contributed by atoms with E-state index < -0.39 is 5.97 Å². The zero-order valence-corrected chi connectivity index (χ0v) is 12.1. The highest BCUT2D eigenvalue weighted by atomic mass is 16.4. The highest BCUT2D eigenvalue weighted by Crippen LogP contribution is 2.25. The Morgan fingerprint density at radius 2 is 1.95 bits per heavy atom. The topological polar surface area (TPSA) is 78.9 Å². The second kappa shape index (κ2) is 6.23. The summed E-state index contributed by atoms with van der Waals surface area (Å²) in [5.74, 6) is -0.994. The van der Waals surface area contributed by atoms with Crippen LogP contribution in [0.4, 0.5) is 0 Å². The van der Waals surface area contributed by atoms with E-state index in [1.54, 1.807) is 35.1 Å². The molecule has 5 nitrogen and oxygen atoms in total. The Hall–Kier alpha value is -2.61. The number of carbonyl (C=O) groups is 1. The van der Waals surface area contributed by atoms with Crippen molar-refractivity contribution in [3.05, 3.63) is 41.6 Å². The highest BCUT2D eigenvalue weighted by molar-refractivity contribution is 5.94. The fourth-order valence-corrected chi connectivity index (χ4v) is 2.31. The van der Waals surface area contributed by atoms with Crippen molar-refractivity contribution in [3.63, 3.8) is 0 Å². The lowest BCUT2D eigenvalue weighted by atomic mass is 10.1. The number of hydrogen-bond acceptors (Lipinski definition) is 3. The molecule has 0 spiro atoms. The van der Waals surface area contributed by atoms with Crippen LogP contribution in [0.5, 0.6) is 0 Å². The molecule has 0 radical (unpaired) electrons. The van der Waals surface area contributed by atoms with Crippen molar-refractivity contribution in [1.82, 2.24) is 9.78 Å². The van der Waals surface area contributed by atoms with E-state index in [0.29, 0.717) is 16.8 Å². The minimum absolute atomic E-state index is 0.187. The van der Waals surface area contributed by atoms with Gasteiger partial charge in [-0.15, -0.1) is 0 Å². The zero-order chi connectivity index (χ0) is 15.4. The number of hydrogen-bond donors (Lipinski definition) is 1. The van der Waals surface area contributed by atoms with Crippen LogP contribution in [0, 0.1) is 11.3 Å². The van der Waals surface area contributed by atoms with Crippen molar-refractivity contribution in [2.24, 2.45) is 0 Å². The first-order valence-electron chi connectivity index (χ1n) is 6.93. The number of nitrogens with zero attached hydrogens (tertiary/aromatic N) is 3. The second-order valence-electron chi connectivity index (χ2n) is 4.84. The van der Waals surface area contributed by atoms with Gasteiger partial charge in [-0.3, -0.25) is 4.68 Å². The minimum atomic E-state index is -0.994.